The van der Waals surface area contributed by atoms with E-state index in [1.165, 1.54) is 0 Å². The molecule has 25 heavy (non-hydrogen) atoms. The highest BCUT2D eigenvalue weighted by Gasteiger charge is 2.23. The number of hydrogen-bond donors (Lipinski definition) is 1. The Labute approximate surface area is 157 Å². The molecular weight excluding hydrogens is 383 g/mol. The molecule has 0 saturated heterocycles. The van der Waals surface area contributed by atoms with Gasteiger partial charge in [-0.15, -0.1) is 0 Å². The van der Waals surface area contributed by atoms with E-state index >= 15 is 0 Å². The van der Waals surface area contributed by atoms with Crippen molar-refractivity contribution >= 4 is 50.5 Å². The summed E-state index contributed by atoms with van der Waals surface area (Å²) in [6.45, 7) is 3.15. The first-order valence-electron chi connectivity index (χ1n) is 7.38. The van der Waals surface area contributed by atoms with Gasteiger partial charge in [-0.1, -0.05) is 35.3 Å². The molecule has 0 aliphatic heterocycles. The Balaban J connectivity index is 2.30. The minimum Gasteiger partial charge on any atom is -0.324 e. The molecule has 0 aliphatic carbocycles. The highest BCUT2D eigenvalue weighted by molar-refractivity contribution is 7.92. The molecule has 0 saturated carbocycles. The van der Waals surface area contributed by atoms with Crippen LogP contribution in [0.2, 0.25) is 10.0 Å². The number of carbonyl (C=O) groups is 1. The zero-order valence-electron chi connectivity index (χ0n) is 14.0. The Morgan fingerprint density at radius 1 is 1.16 bits per heavy atom. The lowest BCUT2D eigenvalue weighted by Crippen LogP contribution is -2.38. The van der Waals surface area contributed by atoms with Gasteiger partial charge in [0.15, 0.2) is 0 Å². The zero-order chi connectivity index (χ0) is 18.8. The minimum atomic E-state index is -3.68. The average Bonchev–Trinajstić information content (AvgIpc) is 2.51. The van der Waals surface area contributed by atoms with Crippen LogP contribution in [-0.2, 0) is 14.8 Å². The minimum absolute atomic E-state index is 0.368. The number of benzene rings is 2. The third-order valence-electron chi connectivity index (χ3n) is 3.67. The van der Waals surface area contributed by atoms with Crippen molar-refractivity contribution in [3.63, 3.8) is 0 Å². The fraction of sp³-hybridized carbons (Fsp3) is 0.235. The normalized spacial score (nSPS) is 11.2. The number of sulfonamides is 1. The van der Waals surface area contributed by atoms with Crippen LogP contribution < -0.4 is 9.62 Å². The predicted molar refractivity (Wildman–Crippen MR) is 103 cm³/mol. The van der Waals surface area contributed by atoms with Crippen molar-refractivity contribution in [2.75, 3.05) is 22.4 Å². The highest BCUT2D eigenvalue weighted by Crippen LogP contribution is 2.28. The van der Waals surface area contributed by atoms with Crippen LogP contribution in [0.4, 0.5) is 11.4 Å². The lowest BCUT2D eigenvalue weighted by atomic mass is 10.2. The van der Waals surface area contributed by atoms with Crippen LogP contribution in [0, 0.1) is 13.8 Å². The molecule has 1 amide bonds. The Bertz CT molecular complexity index is 914. The smallest absolute Gasteiger partial charge is 0.245 e. The molecule has 2 aromatic rings. The Morgan fingerprint density at radius 3 is 2.48 bits per heavy atom. The molecule has 0 aliphatic rings. The van der Waals surface area contributed by atoms with E-state index in [1.54, 1.807) is 43.3 Å². The van der Waals surface area contributed by atoms with E-state index in [2.05, 4.69) is 5.32 Å². The van der Waals surface area contributed by atoms with Crippen LogP contribution >= 0.6 is 23.2 Å². The second kappa shape index (κ2) is 7.64. The van der Waals surface area contributed by atoms with Crippen LogP contribution in [-0.4, -0.2) is 27.1 Å². The lowest BCUT2D eigenvalue weighted by molar-refractivity contribution is -0.114. The number of rotatable bonds is 5. The van der Waals surface area contributed by atoms with Crippen molar-refractivity contribution in [2.45, 2.75) is 13.8 Å². The summed E-state index contributed by atoms with van der Waals surface area (Å²) in [6.07, 6.45) is 1.05. The molecule has 0 unspecified atom stereocenters. The summed E-state index contributed by atoms with van der Waals surface area (Å²) in [4.78, 5) is 12.4. The highest BCUT2D eigenvalue weighted by atomic mass is 35.5. The fourth-order valence-electron chi connectivity index (χ4n) is 2.30. The van der Waals surface area contributed by atoms with Gasteiger partial charge >= 0.3 is 0 Å². The molecule has 0 atom stereocenters. The van der Waals surface area contributed by atoms with E-state index in [4.69, 9.17) is 23.2 Å². The molecule has 0 fully saturated rings. The number of nitrogens with one attached hydrogen (secondary N) is 1. The van der Waals surface area contributed by atoms with E-state index in [9.17, 15) is 13.2 Å². The summed E-state index contributed by atoms with van der Waals surface area (Å²) in [7, 11) is -3.68. The predicted octanol–water partition coefficient (Wildman–Crippen LogP) is 4.01. The van der Waals surface area contributed by atoms with Gasteiger partial charge in [0.1, 0.15) is 6.54 Å². The monoisotopic (exact) mass is 400 g/mol. The summed E-state index contributed by atoms with van der Waals surface area (Å²) in [5.41, 5.74) is 2.31. The number of carbonyl (C=O) groups excluding carboxylic acids is 1. The average molecular weight is 401 g/mol. The number of halogens is 2. The lowest BCUT2D eigenvalue weighted by Gasteiger charge is -2.24. The first-order valence-corrected chi connectivity index (χ1v) is 9.99. The molecular formula is C17H18Cl2N2O3S. The quantitative estimate of drug-likeness (QED) is 0.823. The number of hydrogen-bond acceptors (Lipinski definition) is 3. The van der Waals surface area contributed by atoms with Crippen molar-refractivity contribution in [3.05, 3.63) is 57.6 Å². The SMILES string of the molecule is Cc1ccc(Cl)cc1NC(=O)CN(c1cccc(Cl)c1C)S(C)(=O)=O. The van der Waals surface area contributed by atoms with Gasteiger partial charge in [-0.2, -0.15) is 0 Å². The molecule has 1 N–H and O–H groups in total. The van der Waals surface area contributed by atoms with Gasteiger partial charge in [-0.05, 0) is 49.2 Å². The van der Waals surface area contributed by atoms with Crippen molar-refractivity contribution in [2.24, 2.45) is 0 Å². The Morgan fingerprint density at radius 2 is 1.84 bits per heavy atom. The summed E-state index contributed by atoms with van der Waals surface area (Å²) in [5, 5.41) is 3.60. The van der Waals surface area contributed by atoms with Crippen molar-refractivity contribution in [1.29, 1.82) is 0 Å². The maximum absolute atomic E-state index is 12.4. The summed E-state index contributed by atoms with van der Waals surface area (Å²) in [6, 6.07) is 10.0. The van der Waals surface area contributed by atoms with Crippen molar-refractivity contribution < 1.29 is 13.2 Å². The largest absolute Gasteiger partial charge is 0.324 e. The second-order valence-electron chi connectivity index (χ2n) is 5.66. The van der Waals surface area contributed by atoms with E-state index in [0.717, 1.165) is 16.1 Å². The Kier molecular flexibility index (Phi) is 5.98. The molecule has 0 radical (unpaired) electrons. The molecule has 0 heterocycles. The number of nitrogens with zero attached hydrogens (tertiary/aromatic N) is 1. The molecule has 5 nitrogen and oxygen atoms in total. The van der Waals surface area contributed by atoms with Crippen LogP contribution in [0.25, 0.3) is 0 Å². The number of anilines is 2. The Hall–Kier alpha value is -1.76. The van der Waals surface area contributed by atoms with E-state index in [0.29, 0.717) is 27.0 Å². The topological polar surface area (TPSA) is 66.5 Å². The van der Waals surface area contributed by atoms with E-state index < -0.39 is 15.9 Å². The van der Waals surface area contributed by atoms with E-state index in [-0.39, 0.29) is 6.54 Å². The van der Waals surface area contributed by atoms with E-state index in [1.807, 2.05) is 6.92 Å². The fourth-order valence-corrected chi connectivity index (χ4v) is 3.54. The summed E-state index contributed by atoms with van der Waals surface area (Å²) >= 11 is 12.0. The van der Waals surface area contributed by atoms with Crippen molar-refractivity contribution in [3.8, 4) is 0 Å². The first kappa shape index (κ1) is 19.6. The van der Waals surface area contributed by atoms with Gasteiger partial charge < -0.3 is 5.32 Å². The maximum atomic E-state index is 12.4. The molecule has 2 rings (SSSR count). The standard InChI is InChI=1S/C17H18Cl2N2O3S/c1-11-7-8-13(18)9-15(11)20-17(22)10-21(25(3,23)24)16-6-4-5-14(19)12(16)2/h4-9H,10H2,1-3H3,(H,20,22). The zero-order valence-corrected chi connectivity index (χ0v) is 16.3. The van der Waals surface area contributed by atoms with Crippen LogP contribution in [0.3, 0.4) is 0 Å². The molecule has 8 heteroatoms. The number of amides is 1. The second-order valence-corrected chi connectivity index (χ2v) is 8.41. The molecule has 134 valence electrons. The van der Waals surface area contributed by atoms with Crippen LogP contribution in [0.15, 0.2) is 36.4 Å². The van der Waals surface area contributed by atoms with Gasteiger partial charge in [0.05, 0.1) is 11.9 Å². The van der Waals surface area contributed by atoms with Gasteiger partial charge in [-0.25, -0.2) is 8.42 Å². The number of aryl methyl sites for hydroxylation is 1. The van der Waals surface area contributed by atoms with Gasteiger partial charge in [0.25, 0.3) is 0 Å². The first-order chi connectivity index (χ1) is 11.6. The third-order valence-corrected chi connectivity index (χ3v) is 5.44. The third kappa shape index (κ3) is 4.87. The van der Waals surface area contributed by atoms with Crippen LogP contribution in [0.5, 0.6) is 0 Å². The summed E-state index contributed by atoms with van der Waals surface area (Å²) in [5.74, 6) is -0.477. The van der Waals surface area contributed by atoms with Crippen LogP contribution in [0.1, 0.15) is 11.1 Å². The molecule has 0 spiro atoms. The maximum Gasteiger partial charge on any atom is 0.245 e. The van der Waals surface area contributed by atoms with Gasteiger partial charge in [0.2, 0.25) is 15.9 Å². The molecule has 0 bridgehead atoms. The van der Waals surface area contributed by atoms with Crippen molar-refractivity contribution in [1.82, 2.24) is 0 Å². The molecule has 2 aromatic carbocycles. The van der Waals surface area contributed by atoms with Gasteiger partial charge in [0, 0.05) is 15.7 Å². The molecule has 0 aromatic heterocycles. The van der Waals surface area contributed by atoms with Gasteiger partial charge in [-0.3, -0.25) is 9.10 Å². The summed E-state index contributed by atoms with van der Waals surface area (Å²) < 4.78 is 25.4.